The molecule has 0 aromatic rings. The third-order valence-electron chi connectivity index (χ3n) is 0.778. The Morgan fingerprint density at radius 1 is 1.67 bits per heavy atom. The van der Waals surface area contributed by atoms with Crippen LogP contribution in [0.2, 0.25) is 0 Å². The Labute approximate surface area is 79.8 Å². The number of thioether (sulfide) groups is 1. The molecule has 0 unspecified atom stereocenters. The Balaban J connectivity index is 3.46. The molecular weight excluding hydrogens is 266 g/mol. The second kappa shape index (κ2) is 5.79. The van der Waals surface area contributed by atoms with Crippen LogP contribution < -0.4 is 0 Å². The summed E-state index contributed by atoms with van der Waals surface area (Å²) >= 11 is 8.48. The normalized spacial score (nSPS) is 9.22. The minimum absolute atomic E-state index is 1.02. The minimum atomic E-state index is 1.02. The van der Waals surface area contributed by atoms with Crippen LogP contribution in [-0.2, 0) is 0 Å². The molecule has 0 fully saturated rings. The molecule has 1 nitrogen and oxygen atoms in total. The molecule has 9 heavy (non-hydrogen) atoms. The number of rotatable bonds is 2. The molecule has 0 aromatic heterocycles. The molecule has 0 amide bonds. The summed E-state index contributed by atoms with van der Waals surface area (Å²) in [4.78, 5) is 0. The molecule has 4 heteroatoms. The summed E-state index contributed by atoms with van der Waals surface area (Å²) in [6, 6.07) is 0. The van der Waals surface area contributed by atoms with Crippen LogP contribution in [0.5, 0.6) is 0 Å². The van der Waals surface area contributed by atoms with E-state index in [4.69, 9.17) is 12.2 Å². The Morgan fingerprint density at radius 2 is 2.22 bits per heavy atom. The van der Waals surface area contributed by atoms with Gasteiger partial charge in [0.25, 0.3) is 0 Å². The Hall–Kier alpha value is 1.03. The third-order valence-corrected chi connectivity index (χ3v) is 4.29. The molecule has 0 heterocycles. The SMILES string of the molecule is CCSC(=S)N([TeH])CC. The van der Waals surface area contributed by atoms with E-state index in [2.05, 4.69) is 17.0 Å². The Morgan fingerprint density at radius 3 is 2.56 bits per heavy atom. The maximum atomic E-state index is 5.08. The molecule has 0 aliphatic rings. The van der Waals surface area contributed by atoms with Gasteiger partial charge in [-0.25, -0.2) is 0 Å². The van der Waals surface area contributed by atoms with Gasteiger partial charge in [-0.05, 0) is 0 Å². The van der Waals surface area contributed by atoms with E-state index in [0.717, 1.165) is 16.6 Å². The maximum absolute atomic E-state index is 5.08. The van der Waals surface area contributed by atoms with Crippen LogP contribution in [0.1, 0.15) is 13.8 Å². The van der Waals surface area contributed by atoms with Gasteiger partial charge in [0.1, 0.15) is 0 Å². The molecule has 0 saturated heterocycles. The van der Waals surface area contributed by atoms with E-state index in [1.54, 1.807) is 34.3 Å². The van der Waals surface area contributed by atoms with Crippen LogP contribution in [0.4, 0.5) is 0 Å². The third kappa shape index (κ3) is 4.44. The summed E-state index contributed by atoms with van der Waals surface area (Å²) in [6.45, 7) is 5.26. The van der Waals surface area contributed by atoms with Crippen LogP contribution in [0.3, 0.4) is 0 Å². The van der Waals surface area contributed by atoms with Crippen LogP contribution >= 0.6 is 24.0 Å². The van der Waals surface area contributed by atoms with Gasteiger partial charge in [0.05, 0.1) is 0 Å². The first-order valence-corrected chi connectivity index (χ1v) is 5.39. The molecule has 0 rings (SSSR count). The first kappa shape index (κ1) is 10.0. The summed E-state index contributed by atoms with van der Waals surface area (Å²) in [5, 5.41) is 0. The predicted molar refractivity (Wildman–Crippen MR) is 50.3 cm³/mol. The second-order valence-electron chi connectivity index (χ2n) is 1.41. The van der Waals surface area contributed by atoms with Gasteiger partial charge < -0.3 is 0 Å². The summed E-state index contributed by atoms with van der Waals surface area (Å²) < 4.78 is 3.15. The van der Waals surface area contributed by atoms with Crippen LogP contribution in [-0.4, -0.2) is 42.3 Å². The van der Waals surface area contributed by atoms with Gasteiger partial charge in [-0.15, -0.1) is 0 Å². The van der Waals surface area contributed by atoms with E-state index in [1.165, 1.54) is 0 Å². The monoisotopic (exact) mass is 279 g/mol. The van der Waals surface area contributed by atoms with Gasteiger partial charge in [0, 0.05) is 0 Å². The Kier molecular flexibility index (Phi) is 6.45. The first-order chi connectivity index (χ1) is 4.22. The molecule has 0 atom stereocenters. The first-order valence-electron chi connectivity index (χ1n) is 2.85. The van der Waals surface area contributed by atoms with Crippen molar-refractivity contribution in [1.82, 2.24) is 3.15 Å². The number of hydrogen-bond acceptors (Lipinski definition) is 2. The average molecular weight is 277 g/mol. The molecule has 0 saturated carbocycles. The van der Waals surface area contributed by atoms with Gasteiger partial charge >= 0.3 is 80.2 Å². The number of nitrogens with zero attached hydrogens (tertiary/aromatic N) is 1. The topological polar surface area (TPSA) is 3.24 Å². The van der Waals surface area contributed by atoms with Crippen molar-refractivity contribution in [3.63, 3.8) is 0 Å². The molecule has 0 radical (unpaired) electrons. The zero-order valence-electron chi connectivity index (χ0n) is 5.63. The van der Waals surface area contributed by atoms with Crippen molar-refractivity contribution in [2.24, 2.45) is 0 Å². The van der Waals surface area contributed by atoms with Crippen LogP contribution in [0, 0.1) is 0 Å². The van der Waals surface area contributed by atoms with Crippen LogP contribution in [0.15, 0.2) is 0 Å². The zero-order valence-corrected chi connectivity index (χ0v) is 9.81. The van der Waals surface area contributed by atoms with E-state index in [0.29, 0.717) is 0 Å². The number of hydrogen-bond donors (Lipinski definition) is 0. The van der Waals surface area contributed by atoms with Crippen LogP contribution in [0.25, 0.3) is 0 Å². The van der Waals surface area contributed by atoms with Crippen molar-refractivity contribution in [2.75, 3.05) is 12.3 Å². The molecule has 0 spiro atoms. The molecule has 0 aromatic carbocycles. The summed E-state index contributed by atoms with van der Waals surface area (Å²) in [7, 11) is 0. The molecule has 0 aliphatic heterocycles. The van der Waals surface area contributed by atoms with E-state index >= 15 is 0 Å². The van der Waals surface area contributed by atoms with Gasteiger partial charge in [0.15, 0.2) is 0 Å². The Bertz CT molecular complexity index is 97.0. The van der Waals surface area contributed by atoms with E-state index in [9.17, 15) is 0 Å². The molecule has 0 aliphatic carbocycles. The van der Waals surface area contributed by atoms with E-state index < -0.39 is 0 Å². The second-order valence-corrected chi connectivity index (χ2v) is 4.69. The van der Waals surface area contributed by atoms with Crippen molar-refractivity contribution >= 4 is 50.9 Å². The summed E-state index contributed by atoms with van der Waals surface area (Å²) in [5.74, 6) is 1.08. The van der Waals surface area contributed by atoms with Gasteiger partial charge in [0.2, 0.25) is 0 Å². The van der Waals surface area contributed by atoms with E-state index in [-0.39, 0.29) is 0 Å². The molecular formula is C5H11NS2Te. The molecule has 0 bridgehead atoms. The quantitative estimate of drug-likeness (QED) is 0.551. The van der Waals surface area contributed by atoms with Gasteiger partial charge in [-0.2, -0.15) is 0 Å². The van der Waals surface area contributed by atoms with E-state index in [1.807, 2.05) is 0 Å². The number of thiocarbonyl (C=S) groups is 1. The van der Waals surface area contributed by atoms with Crippen molar-refractivity contribution in [3.8, 4) is 0 Å². The summed E-state index contributed by atoms with van der Waals surface area (Å²) in [5.41, 5.74) is 0. The summed E-state index contributed by atoms with van der Waals surface area (Å²) in [6.07, 6.45) is 0. The standard InChI is InChI=1S/C5H11NS2Te/c1-3-6(9)5(7)8-4-2/h9H,3-4H2,1-2H3. The fourth-order valence-corrected chi connectivity index (χ4v) is 1.83. The average Bonchev–Trinajstić information content (AvgIpc) is 1.87. The van der Waals surface area contributed by atoms with Crippen molar-refractivity contribution in [1.29, 1.82) is 0 Å². The zero-order chi connectivity index (χ0) is 7.28. The van der Waals surface area contributed by atoms with Crippen molar-refractivity contribution < 1.29 is 0 Å². The van der Waals surface area contributed by atoms with Crippen molar-refractivity contribution in [2.45, 2.75) is 13.8 Å². The molecule has 54 valence electrons. The fourth-order valence-electron chi connectivity index (χ4n) is 0.327. The molecule has 0 N–H and O–H groups in total. The predicted octanol–water partition coefficient (Wildman–Crippen LogP) is 1.16. The van der Waals surface area contributed by atoms with Gasteiger partial charge in [-0.1, -0.05) is 0 Å². The van der Waals surface area contributed by atoms with Crippen molar-refractivity contribution in [3.05, 3.63) is 0 Å². The van der Waals surface area contributed by atoms with Gasteiger partial charge in [-0.3, -0.25) is 0 Å². The fraction of sp³-hybridized carbons (Fsp3) is 0.800.